The number of aromatic nitrogens is 1. The van der Waals surface area contributed by atoms with Crippen molar-refractivity contribution in [2.75, 3.05) is 12.3 Å². The zero-order valence-electron chi connectivity index (χ0n) is 16.1. The van der Waals surface area contributed by atoms with Gasteiger partial charge < -0.3 is 11.5 Å². The first-order chi connectivity index (χ1) is 12.6. The second-order valence-corrected chi connectivity index (χ2v) is 7.49. The molecule has 1 aromatic heterocycles. The molecule has 2 aromatic rings. The fourth-order valence-electron chi connectivity index (χ4n) is 4.24. The predicted octanol–water partition coefficient (Wildman–Crippen LogP) is 3.85. The maximum Gasteiger partial charge on any atom is 0.124 e. The summed E-state index contributed by atoms with van der Waals surface area (Å²) in [5.41, 5.74) is 15.5. The van der Waals surface area contributed by atoms with Crippen molar-refractivity contribution in [2.24, 2.45) is 5.73 Å². The van der Waals surface area contributed by atoms with Crippen molar-refractivity contribution in [3.05, 3.63) is 48.0 Å². The molecule has 1 aliphatic rings. The molecule has 0 bridgehead atoms. The number of rotatable bonds is 6. The highest BCUT2D eigenvalue weighted by atomic mass is 15.2. The molecule has 0 amide bonds. The molecule has 2 unspecified atom stereocenters. The van der Waals surface area contributed by atoms with Gasteiger partial charge in [-0.05, 0) is 49.8 Å². The summed E-state index contributed by atoms with van der Waals surface area (Å²) in [5, 5.41) is 0. The molecule has 1 aliphatic heterocycles. The Morgan fingerprint density at radius 3 is 2.23 bits per heavy atom. The predicted molar refractivity (Wildman–Crippen MR) is 110 cm³/mol. The van der Waals surface area contributed by atoms with Gasteiger partial charge in [0.2, 0.25) is 0 Å². The zero-order valence-corrected chi connectivity index (χ0v) is 16.1. The van der Waals surface area contributed by atoms with Crippen LogP contribution in [0.1, 0.15) is 45.1 Å². The van der Waals surface area contributed by atoms with Crippen molar-refractivity contribution in [3.63, 3.8) is 0 Å². The van der Waals surface area contributed by atoms with E-state index in [1.807, 2.05) is 18.2 Å². The number of likely N-dealkylation sites (tertiary alicyclic amines) is 1. The third kappa shape index (κ3) is 4.43. The summed E-state index contributed by atoms with van der Waals surface area (Å²) in [5.74, 6) is 0.561. The second-order valence-electron chi connectivity index (χ2n) is 7.49. The molecule has 0 aliphatic carbocycles. The Balaban J connectivity index is 1.65. The van der Waals surface area contributed by atoms with Gasteiger partial charge in [-0.1, -0.05) is 44.2 Å². The average Bonchev–Trinajstić information content (AvgIpc) is 2.66. The molecule has 26 heavy (non-hydrogen) atoms. The Bertz CT molecular complexity index is 684. The summed E-state index contributed by atoms with van der Waals surface area (Å²) in [6, 6.07) is 16.1. The number of pyridine rings is 1. The number of nitrogens with zero attached hydrogens (tertiary/aromatic N) is 2. The van der Waals surface area contributed by atoms with Crippen molar-refractivity contribution >= 4 is 5.82 Å². The molecule has 0 radical (unpaired) electrons. The van der Waals surface area contributed by atoms with Gasteiger partial charge in [0.1, 0.15) is 5.82 Å². The normalized spacial score (nSPS) is 23.9. The first-order valence-corrected chi connectivity index (χ1v) is 9.93. The van der Waals surface area contributed by atoms with E-state index in [1.165, 1.54) is 18.4 Å². The van der Waals surface area contributed by atoms with Gasteiger partial charge in [0, 0.05) is 30.2 Å². The van der Waals surface area contributed by atoms with Gasteiger partial charge >= 0.3 is 0 Å². The van der Waals surface area contributed by atoms with E-state index in [0.29, 0.717) is 23.9 Å². The Kier molecular flexibility index (Phi) is 6.28. The van der Waals surface area contributed by atoms with E-state index < -0.39 is 0 Å². The van der Waals surface area contributed by atoms with Gasteiger partial charge in [-0.2, -0.15) is 0 Å². The number of piperidine rings is 1. The minimum absolute atomic E-state index is 0.367. The molecule has 140 valence electrons. The lowest BCUT2D eigenvalue weighted by Crippen LogP contribution is -2.53. The Morgan fingerprint density at radius 1 is 1.00 bits per heavy atom. The lowest BCUT2D eigenvalue weighted by molar-refractivity contribution is 0.0685. The van der Waals surface area contributed by atoms with E-state index in [4.69, 9.17) is 11.5 Å². The molecule has 2 heterocycles. The monoisotopic (exact) mass is 352 g/mol. The Hall–Kier alpha value is -1.91. The van der Waals surface area contributed by atoms with Crippen LogP contribution in [0.2, 0.25) is 0 Å². The van der Waals surface area contributed by atoms with Crippen molar-refractivity contribution in [1.29, 1.82) is 0 Å². The van der Waals surface area contributed by atoms with Crippen LogP contribution in [0.3, 0.4) is 0 Å². The zero-order chi connectivity index (χ0) is 18.5. The van der Waals surface area contributed by atoms with Gasteiger partial charge in [-0.3, -0.25) is 4.90 Å². The summed E-state index contributed by atoms with van der Waals surface area (Å²) in [4.78, 5) is 7.10. The lowest BCUT2D eigenvalue weighted by atomic mass is 9.88. The summed E-state index contributed by atoms with van der Waals surface area (Å²) < 4.78 is 0. The number of anilines is 1. The lowest BCUT2D eigenvalue weighted by Gasteiger charge is -2.44. The highest BCUT2D eigenvalue weighted by Crippen LogP contribution is 2.27. The van der Waals surface area contributed by atoms with Crippen LogP contribution in [-0.4, -0.2) is 34.6 Å². The largest absolute Gasteiger partial charge is 0.384 e. The maximum atomic E-state index is 6.28. The molecular formula is C22H32N4. The summed E-state index contributed by atoms with van der Waals surface area (Å²) in [7, 11) is 0. The van der Waals surface area contributed by atoms with Gasteiger partial charge in [0.15, 0.2) is 0 Å². The minimum atomic E-state index is 0.367. The molecule has 1 aromatic carbocycles. The smallest absolute Gasteiger partial charge is 0.124 e. The average molecular weight is 353 g/mol. The molecule has 1 fully saturated rings. The Labute approximate surface area is 157 Å². The molecular weight excluding hydrogens is 320 g/mol. The third-order valence-electron chi connectivity index (χ3n) is 5.71. The number of hydrogen-bond acceptors (Lipinski definition) is 4. The van der Waals surface area contributed by atoms with Crippen molar-refractivity contribution in [1.82, 2.24) is 9.88 Å². The van der Waals surface area contributed by atoms with Crippen LogP contribution in [0.15, 0.2) is 42.5 Å². The van der Waals surface area contributed by atoms with Crippen LogP contribution in [0.4, 0.5) is 5.82 Å². The van der Waals surface area contributed by atoms with Crippen LogP contribution in [-0.2, 0) is 6.42 Å². The van der Waals surface area contributed by atoms with Gasteiger partial charge in [-0.15, -0.1) is 0 Å². The van der Waals surface area contributed by atoms with Crippen molar-refractivity contribution in [2.45, 2.75) is 64.1 Å². The van der Waals surface area contributed by atoms with E-state index in [-0.39, 0.29) is 0 Å². The highest BCUT2D eigenvalue weighted by molar-refractivity contribution is 5.61. The van der Waals surface area contributed by atoms with E-state index in [1.54, 1.807) is 0 Å². The first kappa shape index (κ1) is 18.9. The molecule has 1 saturated heterocycles. The summed E-state index contributed by atoms with van der Waals surface area (Å²) in [6.45, 7) is 5.69. The van der Waals surface area contributed by atoms with Gasteiger partial charge in [0.25, 0.3) is 0 Å². The molecule has 4 N–H and O–H groups in total. The highest BCUT2D eigenvalue weighted by Gasteiger charge is 2.31. The molecule has 0 saturated carbocycles. The van der Waals surface area contributed by atoms with Gasteiger partial charge in [0.05, 0.1) is 5.69 Å². The van der Waals surface area contributed by atoms with Crippen LogP contribution in [0, 0.1) is 0 Å². The first-order valence-electron chi connectivity index (χ1n) is 9.93. The summed E-state index contributed by atoms with van der Waals surface area (Å²) in [6.07, 6.45) is 5.71. The topological polar surface area (TPSA) is 68.2 Å². The van der Waals surface area contributed by atoms with Crippen LogP contribution < -0.4 is 11.5 Å². The maximum absolute atomic E-state index is 6.28. The molecule has 0 spiro atoms. The van der Waals surface area contributed by atoms with Gasteiger partial charge in [-0.25, -0.2) is 4.98 Å². The van der Waals surface area contributed by atoms with Crippen molar-refractivity contribution < 1.29 is 0 Å². The second kappa shape index (κ2) is 8.65. The van der Waals surface area contributed by atoms with Crippen molar-refractivity contribution in [3.8, 4) is 11.3 Å². The summed E-state index contributed by atoms with van der Waals surface area (Å²) >= 11 is 0. The van der Waals surface area contributed by atoms with E-state index in [0.717, 1.165) is 37.1 Å². The van der Waals surface area contributed by atoms with E-state index in [9.17, 15) is 0 Å². The van der Waals surface area contributed by atoms with Crippen LogP contribution >= 0.6 is 0 Å². The standard InChI is InChI=1S/C22H32N4/c1-3-19-14-18(23)15-20(4-2)26(19)13-12-16-8-10-17(11-9-16)21-6-5-7-22(24)25-21/h5-11,18-20H,3-4,12-15,23H2,1-2H3,(H2,24,25). The van der Waals surface area contributed by atoms with Crippen LogP contribution in [0.25, 0.3) is 11.3 Å². The quantitative estimate of drug-likeness (QED) is 0.828. The number of nitrogens with two attached hydrogens (primary N) is 2. The third-order valence-corrected chi connectivity index (χ3v) is 5.71. The molecule has 2 atom stereocenters. The van der Waals surface area contributed by atoms with E-state index >= 15 is 0 Å². The van der Waals surface area contributed by atoms with Crippen LogP contribution in [0.5, 0.6) is 0 Å². The molecule has 4 heteroatoms. The van der Waals surface area contributed by atoms with E-state index in [2.05, 4.69) is 48.0 Å². The number of nitrogen functional groups attached to an aromatic ring is 1. The minimum Gasteiger partial charge on any atom is -0.384 e. The molecule has 4 nitrogen and oxygen atoms in total. The number of benzene rings is 1. The fourth-order valence-corrected chi connectivity index (χ4v) is 4.24. The fraction of sp³-hybridized carbons (Fsp3) is 0.500. The SMILES string of the molecule is CCC1CC(N)CC(CC)N1CCc1ccc(-c2cccc(N)n2)cc1. The Morgan fingerprint density at radius 2 is 1.65 bits per heavy atom. The number of hydrogen-bond donors (Lipinski definition) is 2. The molecule has 3 rings (SSSR count).